The van der Waals surface area contributed by atoms with E-state index in [1.165, 1.54) is 6.42 Å². The highest BCUT2D eigenvalue weighted by Gasteiger charge is 2.42. The molecule has 3 heterocycles. The number of amides is 1. The highest BCUT2D eigenvalue weighted by atomic mass is 16.1. The van der Waals surface area contributed by atoms with Crippen LogP contribution in [0.2, 0.25) is 0 Å². The van der Waals surface area contributed by atoms with E-state index in [1.807, 2.05) is 0 Å². The molecule has 2 N–H and O–H groups in total. The fourth-order valence-corrected chi connectivity index (χ4v) is 2.89. The zero-order valence-electron chi connectivity index (χ0n) is 9.67. The Morgan fingerprint density at radius 3 is 3.12 bits per heavy atom. The smallest absolute Gasteiger partial charge is 0.224 e. The Hall–Kier alpha value is -1.43. The minimum Gasteiger partial charge on any atom is -0.354 e. The van der Waals surface area contributed by atoms with Gasteiger partial charge in [-0.3, -0.25) is 9.48 Å². The summed E-state index contributed by atoms with van der Waals surface area (Å²) >= 11 is 0. The standard InChI is InChI=1S/C11H17N5O/c17-11(9-7-8-1-2-10(9)14-8)12-3-5-16-6-4-13-15-16/h4,6,8-10,14H,1-3,5,7H2,(H,12,17). The summed E-state index contributed by atoms with van der Waals surface area (Å²) in [6.45, 7) is 1.30. The minimum absolute atomic E-state index is 0.171. The van der Waals surface area contributed by atoms with E-state index in [0.29, 0.717) is 25.2 Å². The van der Waals surface area contributed by atoms with Gasteiger partial charge >= 0.3 is 0 Å². The fraction of sp³-hybridized carbons (Fsp3) is 0.727. The molecule has 2 fully saturated rings. The summed E-state index contributed by atoms with van der Waals surface area (Å²) in [6, 6.07) is 0.984. The predicted molar refractivity (Wildman–Crippen MR) is 61.1 cm³/mol. The van der Waals surface area contributed by atoms with E-state index >= 15 is 0 Å². The van der Waals surface area contributed by atoms with Gasteiger partial charge in [-0.05, 0) is 19.3 Å². The van der Waals surface area contributed by atoms with Crippen LogP contribution in [-0.2, 0) is 11.3 Å². The van der Waals surface area contributed by atoms with Gasteiger partial charge in [0, 0.05) is 24.8 Å². The number of carbonyl (C=O) groups is 1. The molecule has 3 rings (SSSR count). The molecule has 92 valence electrons. The van der Waals surface area contributed by atoms with Gasteiger partial charge in [0.2, 0.25) is 5.91 Å². The number of aromatic nitrogens is 3. The van der Waals surface area contributed by atoms with Crippen LogP contribution in [0, 0.1) is 5.92 Å². The summed E-state index contributed by atoms with van der Waals surface area (Å²) < 4.78 is 1.72. The first-order chi connectivity index (χ1) is 8.33. The Balaban J connectivity index is 1.45. The van der Waals surface area contributed by atoms with Crippen LogP contribution in [0.5, 0.6) is 0 Å². The predicted octanol–water partition coefficient (Wildman–Crippen LogP) is -0.465. The molecule has 0 spiro atoms. The number of nitrogens with zero attached hydrogens (tertiary/aromatic N) is 3. The van der Waals surface area contributed by atoms with Crippen LogP contribution < -0.4 is 10.6 Å². The lowest BCUT2D eigenvalue weighted by Gasteiger charge is -2.19. The molecule has 2 saturated heterocycles. The summed E-state index contributed by atoms with van der Waals surface area (Å²) in [5.41, 5.74) is 0. The molecule has 1 aromatic heterocycles. The van der Waals surface area contributed by atoms with E-state index in [0.717, 1.165) is 12.8 Å². The van der Waals surface area contributed by atoms with Crippen LogP contribution in [0.4, 0.5) is 0 Å². The number of carbonyl (C=O) groups excluding carboxylic acids is 1. The molecule has 3 unspecified atom stereocenters. The number of hydrogen-bond acceptors (Lipinski definition) is 4. The third-order valence-corrected chi connectivity index (χ3v) is 3.75. The topological polar surface area (TPSA) is 71.8 Å². The van der Waals surface area contributed by atoms with Crippen molar-refractivity contribution < 1.29 is 4.79 Å². The Morgan fingerprint density at radius 1 is 1.53 bits per heavy atom. The molecule has 6 heteroatoms. The largest absolute Gasteiger partial charge is 0.354 e. The zero-order chi connectivity index (χ0) is 11.7. The second-order valence-corrected chi connectivity index (χ2v) is 4.85. The molecule has 0 aliphatic carbocycles. The number of nitrogens with one attached hydrogen (secondary N) is 2. The molecule has 2 aliphatic rings. The van der Waals surface area contributed by atoms with E-state index in [9.17, 15) is 4.79 Å². The summed E-state index contributed by atoms with van der Waals surface area (Å²) in [5, 5.41) is 14.0. The van der Waals surface area contributed by atoms with Gasteiger partial charge in [-0.15, -0.1) is 5.10 Å². The Morgan fingerprint density at radius 2 is 2.47 bits per heavy atom. The van der Waals surface area contributed by atoms with Crippen molar-refractivity contribution in [2.45, 2.75) is 37.9 Å². The fourth-order valence-electron chi connectivity index (χ4n) is 2.89. The molecule has 0 radical (unpaired) electrons. The molecule has 2 bridgehead atoms. The average Bonchev–Trinajstić information content (AvgIpc) is 3.05. The van der Waals surface area contributed by atoms with Crippen LogP contribution in [-0.4, -0.2) is 39.5 Å². The Bertz CT molecular complexity index is 391. The summed E-state index contributed by atoms with van der Waals surface area (Å²) in [5.74, 6) is 0.356. The van der Waals surface area contributed by atoms with E-state index in [4.69, 9.17) is 0 Å². The number of fused-ring (bicyclic) bond motifs is 2. The molecule has 0 aromatic carbocycles. The van der Waals surface area contributed by atoms with Gasteiger partial charge in [0.05, 0.1) is 18.7 Å². The quantitative estimate of drug-likeness (QED) is 0.740. The van der Waals surface area contributed by atoms with Gasteiger partial charge in [-0.25, -0.2) is 0 Å². The van der Waals surface area contributed by atoms with Crippen LogP contribution in [0.15, 0.2) is 12.4 Å². The Labute approximate surface area is 99.8 Å². The van der Waals surface area contributed by atoms with E-state index < -0.39 is 0 Å². The third-order valence-electron chi connectivity index (χ3n) is 3.75. The maximum Gasteiger partial charge on any atom is 0.224 e. The SMILES string of the molecule is O=C(NCCn1ccnn1)C1CC2CCC1N2. The highest BCUT2D eigenvalue weighted by molar-refractivity contribution is 5.80. The molecule has 1 amide bonds. The van der Waals surface area contributed by atoms with Crippen molar-refractivity contribution in [2.75, 3.05) is 6.54 Å². The zero-order valence-corrected chi connectivity index (χ0v) is 9.67. The van der Waals surface area contributed by atoms with Gasteiger partial charge in [0.15, 0.2) is 0 Å². The van der Waals surface area contributed by atoms with Crippen molar-refractivity contribution in [3.05, 3.63) is 12.4 Å². The van der Waals surface area contributed by atoms with E-state index in [2.05, 4.69) is 20.9 Å². The molecular formula is C11H17N5O. The van der Waals surface area contributed by atoms with Gasteiger partial charge in [-0.1, -0.05) is 5.21 Å². The number of rotatable bonds is 4. The van der Waals surface area contributed by atoms with E-state index in [1.54, 1.807) is 17.1 Å². The normalized spacial score (nSPS) is 30.7. The van der Waals surface area contributed by atoms with Gasteiger partial charge < -0.3 is 10.6 Å². The highest BCUT2D eigenvalue weighted by Crippen LogP contribution is 2.33. The van der Waals surface area contributed by atoms with Crippen LogP contribution in [0.25, 0.3) is 0 Å². The third kappa shape index (κ3) is 2.17. The van der Waals surface area contributed by atoms with Crippen LogP contribution >= 0.6 is 0 Å². The maximum absolute atomic E-state index is 12.0. The van der Waals surface area contributed by atoms with Crippen molar-refractivity contribution in [3.63, 3.8) is 0 Å². The van der Waals surface area contributed by atoms with Crippen LogP contribution in [0.3, 0.4) is 0 Å². The molecular weight excluding hydrogens is 218 g/mol. The van der Waals surface area contributed by atoms with Crippen molar-refractivity contribution in [3.8, 4) is 0 Å². The minimum atomic E-state index is 0.171. The molecule has 17 heavy (non-hydrogen) atoms. The van der Waals surface area contributed by atoms with Crippen molar-refractivity contribution in [2.24, 2.45) is 5.92 Å². The lowest BCUT2D eigenvalue weighted by Crippen LogP contribution is -2.38. The maximum atomic E-state index is 12.0. The van der Waals surface area contributed by atoms with E-state index in [-0.39, 0.29) is 11.8 Å². The second kappa shape index (κ2) is 4.44. The summed E-state index contributed by atoms with van der Waals surface area (Å²) in [4.78, 5) is 12.0. The van der Waals surface area contributed by atoms with Crippen molar-refractivity contribution in [1.82, 2.24) is 25.6 Å². The first-order valence-electron chi connectivity index (χ1n) is 6.21. The van der Waals surface area contributed by atoms with Gasteiger partial charge in [0.1, 0.15) is 0 Å². The molecule has 1 aromatic rings. The summed E-state index contributed by atoms with van der Waals surface area (Å²) in [6.07, 6.45) is 6.81. The first-order valence-corrected chi connectivity index (χ1v) is 6.21. The Kier molecular flexibility index (Phi) is 2.80. The lowest BCUT2D eigenvalue weighted by molar-refractivity contribution is -0.125. The average molecular weight is 235 g/mol. The molecule has 3 atom stereocenters. The molecule has 2 aliphatic heterocycles. The van der Waals surface area contributed by atoms with Gasteiger partial charge in [-0.2, -0.15) is 0 Å². The lowest BCUT2D eigenvalue weighted by atomic mass is 9.88. The summed E-state index contributed by atoms with van der Waals surface area (Å²) in [7, 11) is 0. The van der Waals surface area contributed by atoms with Crippen LogP contribution in [0.1, 0.15) is 19.3 Å². The second-order valence-electron chi connectivity index (χ2n) is 4.85. The van der Waals surface area contributed by atoms with Crippen molar-refractivity contribution in [1.29, 1.82) is 0 Å². The number of hydrogen-bond donors (Lipinski definition) is 2. The van der Waals surface area contributed by atoms with Crippen molar-refractivity contribution >= 4 is 5.91 Å². The monoisotopic (exact) mass is 235 g/mol. The van der Waals surface area contributed by atoms with Gasteiger partial charge in [0.25, 0.3) is 0 Å². The first kappa shape index (κ1) is 10.7. The molecule has 6 nitrogen and oxygen atoms in total. The molecule has 0 saturated carbocycles.